The van der Waals surface area contributed by atoms with Gasteiger partial charge in [-0.05, 0) is 36.3 Å². The van der Waals surface area contributed by atoms with Gasteiger partial charge in [0.15, 0.2) is 0 Å². The Morgan fingerprint density at radius 2 is 1.62 bits per heavy atom. The van der Waals surface area contributed by atoms with E-state index in [-0.39, 0.29) is 35.5 Å². The van der Waals surface area contributed by atoms with Gasteiger partial charge in [0, 0.05) is 13.7 Å². The van der Waals surface area contributed by atoms with Gasteiger partial charge in [-0.15, -0.1) is 0 Å². The summed E-state index contributed by atoms with van der Waals surface area (Å²) in [7, 11) is 1.65. The molecule has 1 aromatic rings. The third kappa shape index (κ3) is 4.75. The molecule has 3 rings (SSSR count). The highest BCUT2D eigenvalue weighted by molar-refractivity contribution is 6.08. The summed E-state index contributed by atoms with van der Waals surface area (Å²) in [4.78, 5) is 40.1. The number of nitrogens with zero attached hydrogens (tertiary/aromatic N) is 1. The van der Waals surface area contributed by atoms with Gasteiger partial charge in [0.25, 0.3) is 0 Å². The summed E-state index contributed by atoms with van der Waals surface area (Å²) in [5.74, 6) is -1.12. The first-order valence-corrected chi connectivity index (χ1v) is 10.3. The fourth-order valence-corrected chi connectivity index (χ4v) is 4.14. The molecule has 1 N–H and O–H groups in total. The Morgan fingerprint density at radius 3 is 2.14 bits per heavy atom. The molecular weight excluding hydrogens is 368 g/mol. The van der Waals surface area contributed by atoms with Crippen molar-refractivity contribution in [2.24, 2.45) is 17.8 Å². The van der Waals surface area contributed by atoms with Crippen LogP contribution < -0.4 is 5.32 Å². The third-order valence-electron chi connectivity index (χ3n) is 5.65. The highest BCUT2D eigenvalue weighted by atomic mass is 16.5. The van der Waals surface area contributed by atoms with Crippen molar-refractivity contribution in [2.45, 2.75) is 52.3 Å². The first-order valence-electron chi connectivity index (χ1n) is 10.3. The zero-order valence-corrected chi connectivity index (χ0v) is 17.4. The molecule has 29 heavy (non-hydrogen) atoms. The number of imide groups is 1. The monoisotopic (exact) mass is 398 g/mol. The minimum absolute atomic E-state index is 0.181. The van der Waals surface area contributed by atoms with Crippen LogP contribution in [-0.2, 0) is 32.3 Å². The number of hydrogen-bond acceptors (Lipinski definition) is 4. The van der Waals surface area contributed by atoms with Crippen LogP contribution in [-0.4, -0.2) is 35.8 Å². The fraction of sp³-hybridized carbons (Fsp3) is 0.522. The summed E-state index contributed by atoms with van der Waals surface area (Å²) >= 11 is 0. The van der Waals surface area contributed by atoms with Gasteiger partial charge < -0.3 is 10.1 Å². The highest BCUT2D eigenvalue weighted by Gasteiger charge is 2.51. The third-order valence-corrected chi connectivity index (χ3v) is 5.65. The van der Waals surface area contributed by atoms with Crippen LogP contribution in [0.15, 0.2) is 36.4 Å². The molecule has 0 spiro atoms. The average Bonchev–Trinajstić information content (AvgIpc) is 2.96. The predicted octanol–water partition coefficient (Wildman–Crippen LogP) is 2.82. The van der Waals surface area contributed by atoms with E-state index in [1.54, 1.807) is 7.11 Å². The standard InChI is InChI=1S/C23H30N2O4/c1-15(2)12-20(25-22(27)18-6-4-5-7-19(18)23(25)28)21(26)24-13-16-8-10-17(11-9-16)14-29-3/h4-5,8-11,15,18-20H,6-7,12-14H2,1-3H3,(H,24,26). The highest BCUT2D eigenvalue weighted by Crippen LogP contribution is 2.37. The number of methoxy groups -OCH3 is 1. The van der Waals surface area contributed by atoms with Crippen LogP contribution in [0.25, 0.3) is 0 Å². The summed E-state index contributed by atoms with van der Waals surface area (Å²) in [6, 6.07) is 7.05. The van der Waals surface area contributed by atoms with Crippen molar-refractivity contribution in [3.63, 3.8) is 0 Å². The van der Waals surface area contributed by atoms with Crippen molar-refractivity contribution in [2.75, 3.05) is 7.11 Å². The summed E-state index contributed by atoms with van der Waals surface area (Å²) in [5.41, 5.74) is 2.02. The quantitative estimate of drug-likeness (QED) is 0.540. The Bertz CT molecular complexity index is 759. The summed E-state index contributed by atoms with van der Waals surface area (Å²) < 4.78 is 5.11. The van der Waals surface area contributed by atoms with Gasteiger partial charge in [-0.3, -0.25) is 19.3 Å². The molecule has 6 nitrogen and oxygen atoms in total. The summed E-state index contributed by atoms with van der Waals surface area (Å²) in [6.07, 6.45) is 5.54. The molecule has 3 atom stereocenters. The molecule has 0 bridgehead atoms. The second-order valence-corrected chi connectivity index (χ2v) is 8.31. The van der Waals surface area contributed by atoms with Crippen molar-refractivity contribution in [3.05, 3.63) is 47.5 Å². The Balaban J connectivity index is 1.70. The van der Waals surface area contributed by atoms with Crippen LogP contribution >= 0.6 is 0 Å². The van der Waals surface area contributed by atoms with Crippen molar-refractivity contribution in [3.8, 4) is 0 Å². The second kappa shape index (κ2) is 9.35. The molecule has 2 aliphatic rings. The lowest BCUT2D eigenvalue weighted by Gasteiger charge is -2.27. The molecule has 0 radical (unpaired) electrons. The van der Waals surface area contributed by atoms with Gasteiger partial charge >= 0.3 is 0 Å². The normalized spacial score (nSPS) is 22.1. The van der Waals surface area contributed by atoms with Crippen LogP contribution in [0.1, 0.15) is 44.2 Å². The maximum absolute atomic E-state index is 13.0. The fourth-order valence-electron chi connectivity index (χ4n) is 4.14. The number of hydrogen-bond donors (Lipinski definition) is 1. The molecule has 1 fully saturated rings. The van der Waals surface area contributed by atoms with Crippen LogP contribution in [0, 0.1) is 17.8 Å². The number of likely N-dealkylation sites (tertiary alicyclic amines) is 1. The van der Waals surface area contributed by atoms with E-state index in [0.717, 1.165) is 11.1 Å². The second-order valence-electron chi connectivity index (χ2n) is 8.31. The molecule has 3 amide bonds. The minimum Gasteiger partial charge on any atom is -0.380 e. The number of fused-ring (bicyclic) bond motifs is 1. The first-order chi connectivity index (χ1) is 13.9. The molecule has 3 unspecified atom stereocenters. The van der Waals surface area contributed by atoms with Crippen molar-refractivity contribution in [1.82, 2.24) is 10.2 Å². The number of carbonyl (C=O) groups is 3. The molecule has 0 saturated carbocycles. The van der Waals surface area contributed by atoms with E-state index >= 15 is 0 Å². The SMILES string of the molecule is COCc1ccc(CNC(=O)C(CC(C)C)N2C(=O)C3CC=CCC3C2=O)cc1. The van der Waals surface area contributed by atoms with Crippen LogP contribution in [0.3, 0.4) is 0 Å². The van der Waals surface area contributed by atoms with E-state index in [4.69, 9.17) is 4.74 Å². The van der Waals surface area contributed by atoms with Crippen LogP contribution in [0.2, 0.25) is 0 Å². The molecular formula is C23H30N2O4. The van der Waals surface area contributed by atoms with Gasteiger partial charge in [0.1, 0.15) is 6.04 Å². The summed E-state index contributed by atoms with van der Waals surface area (Å²) in [5, 5.41) is 2.92. The van der Waals surface area contributed by atoms with E-state index in [1.165, 1.54) is 4.90 Å². The van der Waals surface area contributed by atoms with E-state index in [1.807, 2.05) is 50.3 Å². The van der Waals surface area contributed by atoms with Crippen molar-refractivity contribution < 1.29 is 19.1 Å². The number of allylic oxidation sites excluding steroid dienone is 2. The van der Waals surface area contributed by atoms with E-state index < -0.39 is 6.04 Å². The van der Waals surface area contributed by atoms with E-state index in [2.05, 4.69) is 5.32 Å². The maximum atomic E-state index is 13.0. The molecule has 1 saturated heterocycles. The molecule has 1 aliphatic heterocycles. The molecule has 6 heteroatoms. The van der Waals surface area contributed by atoms with E-state index in [0.29, 0.717) is 32.4 Å². The molecule has 1 aliphatic carbocycles. The van der Waals surface area contributed by atoms with Gasteiger partial charge in [-0.25, -0.2) is 0 Å². The van der Waals surface area contributed by atoms with Crippen molar-refractivity contribution >= 4 is 17.7 Å². The zero-order chi connectivity index (χ0) is 21.0. The topological polar surface area (TPSA) is 75.7 Å². The Morgan fingerprint density at radius 1 is 1.07 bits per heavy atom. The number of ether oxygens (including phenoxy) is 1. The first kappa shape index (κ1) is 21.2. The minimum atomic E-state index is -0.756. The molecule has 1 heterocycles. The lowest BCUT2D eigenvalue weighted by Crippen LogP contribution is -2.50. The Kier molecular flexibility index (Phi) is 6.85. The molecule has 0 aromatic heterocycles. The lowest BCUT2D eigenvalue weighted by molar-refractivity contribution is -0.148. The number of benzene rings is 1. The number of nitrogens with one attached hydrogen (secondary N) is 1. The number of carbonyl (C=O) groups excluding carboxylic acids is 3. The van der Waals surface area contributed by atoms with Gasteiger partial charge in [-0.2, -0.15) is 0 Å². The lowest BCUT2D eigenvalue weighted by atomic mass is 9.85. The Hall–Kier alpha value is -2.47. The van der Waals surface area contributed by atoms with Gasteiger partial charge in [0.05, 0.1) is 18.4 Å². The average molecular weight is 399 g/mol. The predicted molar refractivity (Wildman–Crippen MR) is 109 cm³/mol. The van der Waals surface area contributed by atoms with E-state index in [9.17, 15) is 14.4 Å². The number of rotatable bonds is 8. The van der Waals surface area contributed by atoms with Crippen LogP contribution in [0.5, 0.6) is 0 Å². The largest absolute Gasteiger partial charge is 0.380 e. The summed E-state index contributed by atoms with van der Waals surface area (Å²) in [6.45, 7) is 4.88. The van der Waals surface area contributed by atoms with Crippen LogP contribution in [0.4, 0.5) is 0 Å². The maximum Gasteiger partial charge on any atom is 0.243 e. The zero-order valence-electron chi connectivity index (χ0n) is 17.4. The number of amides is 3. The smallest absolute Gasteiger partial charge is 0.243 e. The molecule has 156 valence electrons. The molecule has 1 aromatic carbocycles. The van der Waals surface area contributed by atoms with Gasteiger partial charge in [0.2, 0.25) is 17.7 Å². The van der Waals surface area contributed by atoms with Crippen molar-refractivity contribution in [1.29, 1.82) is 0 Å². The Labute approximate surface area is 172 Å². The van der Waals surface area contributed by atoms with Gasteiger partial charge in [-0.1, -0.05) is 50.3 Å².